The number of aliphatic carboxylic acids is 1. The van der Waals surface area contributed by atoms with Crippen LogP contribution in [0.1, 0.15) is 25.3 Å². The number of nitrogens with zero attached hydrogens (tertiary/aromatic N) is 2. The van der Waals surface area contributed by atoms with Crippen LogP contribution in [-0.2, 0) is 4.79 Å². The van der Waals surface area contributed by atoms with Crippen LogP contribution in [0.5, 0.6) is 0 Å². The maximum atomic E-state index is 10.7. The Morgan fingerprint density at radius 3 is 2.95 bits per heavy atom. The van der Waals surface area contributed by atoms with Gasteiger partial charge in [-0.1, -0.05) is 25.1 Å². The highest BCUT2D eigenvalue weighted by Gasteiger charge is 2.10. The van der Waals surface area contributed by atoms with Crippen molar-refractivity contribution in [3.05, 3.63) is 35.9 Å². The first-order valence-corrected chi connectivity index (χ1v) is 6.88. The molecule has 0 saturated carbocycles. The average molecular weight is 283 g/mol. The second-order valence-corrected chi connectivity index (χ2v) is 4.99. The Bertz CT molecular complexity index is 691. The molecule has 1 heterocycles. The van der Waals surface area contributed by atoms with Gasteiger partial charge < -0.3 is 10.4 Å². The largest absolute Gasteiger partial charge is 0.481 e. The lowest BCUT2D eigenvalue weighted by atomic mass is 10.1. The molecule has 1 aromatic carbocycles. The van der Waals surface area contributed by atoms with E-state index in [4.69, 9.17) is 5.11 Å². The molecule has 5 heteroatoms. The molecule has 0 spiro atoms. The lowest BCUT2D eigenvalue weighted by Gasteiger charge is -2.09. The quantitative estimate of drug-likeness (QED) is 0.796. The van der Waals surface area contributed by atoms with E-state index in [0.717, 1.165) is 17.3 Å². The summed E-state index contributed by atoms with van der Waals surface area (Å²) in [6.45, 7) is 2.33. The molecular formula is C16H17N3O2. The minimum atomic E-state index is -0.773. The molecule has 5 nitrogen and oxygen atoms in total. The van der Waals surface area contributed by atoms with Crippen molar-refractivity contribution in [2.24, 2.45) is 5.92 Å². The van der Waals surface area contributed by atoms with Gasteiger partial charge in [-0.25, -0.2) is 4.98 Å². The van der Waals surface area contributed by atoms with E-state index in [1.54, 1.807) is 13.0 Å². The van der Waals surface area contributed by atoms with E-state index in [9.17, 15) is 10.1 Å². The third-order valence-corrected chi connectivity index (χ3v) is 3.38. The van der Waals surface area contributed by atoms with Crippen molar-refractivity contribution in [1.29, 1.82) is 5.26 Å². The highest BCUT2D eigenvalue weighted by molar-refractivity contribution is 5.86. The van der Waals surface area contributed by atoms with Crippen LogP contribution in [0.15, 0.2) is 30.3 Å². The zero-order valence-corrected chi connectivity index (χ0v) is 11.8. The summed E-state index contributed by atoms with van der Waals surface area (Å²) < 4.78 is 0. The number of nitriles is 1. The van der Waals surface area contributed by atoms with Gasteiger partial charge in [0.05, 0.1) is 23.1 Å². The van der Waals surface area contributed by atoms with Gasteiger partial charge in [-0.15, -0.1) is 0 Å². The number of carboxylic acid groups (broad SMARTS) is 1. The molecular weight excluding hydrogens is 266 g/mol. The average Bonchev–Trinajstić information content (AvgIpc) is 2.50. The standard InChI is InChI=1S/C16H17N3O2/c1-11(16(20)21)5-4-8-18-15-9-12(10-17)13-6-2-3-7-14(13)19-15/h2-3,6-7,9,11H,4-5,8H2,1H3,(H,18,19)(H,20,21). The fourth-order valence-electron chi connectivity index (χ4n) is 2.11. The van der Waals surface area contributed by atoms with E-state index in [-0.39, 0.29) is 5.92 Å². The van der Waals surface area contributed by atoms with Crippen LogP contribution >= 0.6 is 0 Å². The fourth-order valence-corrected chi connectivity index (χ4v) is 2.11. The molecule has 0 aliphatic carbocycles. The molecule has 0 fully saturated rings. The number of nitrogens with one attached hydrogen (secondary N) is 1. The maximum Gasteiger partial charge on any atom is 0.306 e. The number of carbonyl (C=O) groups is 1. The van der Waals surface area contributed by atoms with Crippen molar-refractivity contribution in [3.8, 4) is 6.07 Å². The fraction of sp³-hybridized carbons (Fsp3) is 0.312. The summed E-state index contributed by atoms with van der Waals surface area (Å²) in [5.41, 5.74) is 1.36. The number of hydrogen-bond donors (Lipinski definition) is 2. The summed E-state index contributed by atoms with van der Waals surface area (Å²) in [5.74, 6) is -0.468. The number of fused-ring (bicyclic) bond motifs is 1. The van der Waals surface area contributed by atoms with Crippen LogP contribution in [0.25, 0.3) is 10.9 Å². The normalized spacial score (nSPS) is 11.8. The predicted molar refractivity (Wildman–Crippen MR) is 81.0 cm³/mol. The molecule has 21 heavy (non-hydrogen) atoms. The number of pyridine rings is 1. The Balaban J connectivity index is 2.03. The SMILES string of the molecule is CC(CCCNc1cc(C#N)c2ccccc2n1)C(=O)O. The van der Waals surface area contributed by atoms with E-state index in [0.29, 0.717) is 24.3 Å². The van der Waals surface area contributed by atoms with Crippen LogP contribution < -0.4 is 5.32 Å². The Morgan fingerprint density at radius 2 is 2.24 bits per heavy atom. The number of hydrogen-bond acceptors (Lipinski definition) is 4. The van der Waals surface area contributed by atoms with Crippen molar-refractivity contribution in [2.45, 2.75) is 19.8 Å². The summed E-state index contributed by atoms with van der Waals surface area (Å²) in [7, 11) is 0. The first-order chi connectivity index (χ1) is 10.1. The Hall–Kier alpha value is -2.61. The van der Waals surface area contributed by atoms with Crippen LogP contribution in [-0.4, -0.2) is 22.6 Å². The van der Waals surface area contributed by atoms with Crippen molar-refractivity contribution in [1.82, 2.24) is 4.98 Å². The first-order valence-electron chi connectivity index (χ1n) is 6.88. The van der Waals surface area contributed by atoms with Gasteiger partial charge in [0.1, 0.15) is 5.82 Å². The van der Waals surface area contributed by atoms with Gasteiger partial charge in [0.2, 0.25) is 0 Å². The molecule has 1 unspecified atom stereocenters. The second kappa shape index (κ2) is 6.71. The summed E-state index contributed by atoms with van der Waals surface area (Å²) in [6, 6.07) is 11.4. The number of anilines is 1. The molecule has 0 amide bonds. The summed E-state index contributed by atoms with van der Waals surface area (Å²) in [6.07, 6.45) is 1.35. The molecule has 2 N–H and O–H groups in total. The third kappa shape index (κ3) is 3.69. The monoisotopic (exact) mass is 283 g/mol. The van der Waals surface area contributed by atoms with Gasteiger partial charge in [-0.2, -0.15) is 5.26 Å². The lowest BCUT2D eigenvalue weighted by molar-refractivity contribution is -0.141. The molecule has 108 valence electrons. The molecule has 0 radical (unpaired) electrons. The van der Waals surface area contributed by atoms with Crippen molar-refractivity contribution >= 4 is 22.7 Å². The van der Waals surface area contributed by atoms with Gasteiger partial charge in [-0.05, 0) is 25.0 Å². The highest BCUT2D eigenvalue weighted by Crippen LogP contribution is 2.20. The number of benzene rings is 1. The number of aromatic nitrogens is 1. The second-order valence-electron chi connectivity index (χ2n) is 4.99. The molecule has 1 atom stereocenters. The first kappa shape index (κ1) is 14.8. The van der Waals surface area contributed by atoms with Crippen molar-refractivity contribution in [3.63, 3.8) is 0 Å². The zero-order valence-electron chi connectivity index (χ0n) is 11.8. The molecule has 0 saturated heterocycles. The summed E-state index contributed by atoms with van der Waals surface area (Å²) >= 11 is 0. The molecule has 0 bridgehead atoms. The topological polar surface area (TPSA) is 86.0 Å². The molecule has 0 aliphatic rings. The minimum absolute atomic E-state index is 0.342. The van der Waals surface area contributed by atoms with E-state index >= 15 is 0 Å². The van der Waals surface area contributed by atoms with E-state index in [2.05, 4.69) is 16.4 Å². The van der Waals surface area contributed by atoms with Gasteiger partial charge in [0.25, 0.3) is 0 Å². The summed E-state index contributed by atoms with van der Waals surface area (Å²) in [5, 5.41) is 22.0. The predicted octanol–water partition coefficient (Wildman–Crippen LogP) is 3.02. The van der Waals surface area contributed by atoms with Crippen LogP contribution in [0, 0.1) is 17.2 Å². The van der Waals surface area contributed by atoms with Gasteiger partial charge in [0, 0.05) is 11.9 Å². The highest BCUT2D eigenvalue weighted by atomic mass is 16.4. The van der Waals surface area contributed by atoms with Crippen molar-refractivity contribution in [2.75, 3.05) is 11.9 Å². The number of carboxylic acids is 1. The molecule has 0 aliphatic heterocycles. The Kier molecular flexibility index (Phi) is 4.72. The van der Waals surface area contributed by atoms with Gasteiger partial charge >= 0.3 is 5.97 Å². The number of para-hydroxylation sites is 1. The van der Waals surface area contributed by atoms with Crippen LogP contribution in [0.3, 0.4) is 0 Å². The van der Waals surface area contributed by atoms with E-state index in [1.807, 2.05) is 24.3 Å². The maximum absolute atomic E-state index is 10.7. The third-order valence-electron chi connectivity index (χ3n) is 3.38. The smallest absolute Gasteiger partial charge is 0.306 e. The van der Waals surface area contributed by atoms with Crippen LogP contribution in [0.4, 0.5) is 5.82 Å². The van der Waals surface area contributed by atoms with E-state index < -0.39 is 5.97 Å². The lowest BCUT2D eigenvalue weighted by Crippen LogP contribution is -2.12. The molecule has 2 rings (SSSR count). The Morgan fingerprint density at radius 1 is 1.48 bits per heavy atom. The molecule has 1 aromatic heterocycles. The zero-order chi connectivity index (χ0) is 15.2. The Labute approximate surface area is 123 Å². The van der Waals surface area contributed by atoms with E-state index in [1.165, 1.54) is 0 Å². The summed E-state index contributed by atoms with van der Waals surface area (Å²) in [4.78, 5) is 15.2. The van der Waals surface area contributed by atoms with Crippen LogP contribution in [0.2, 0.25) is 0 Å². The van der Waals surface area contributed by atoms with Gasteiger partial charge in [0.15, 0.2) is 0 Å². The van der Waals surface area contributed by atoms with Gasteiger partial charge in [-0.3, -0.25) is 4.79 Å². The number of rotatable bonds is 6. The van der Waals surface area contributed by atoms with Crippen molar-refractivity contribution < 1.29 is 9.90 Å². The molecule has 2 aromatic rings. The minimum Gasteiger partial charge on any atom is -0.481 e.